The monoisotopic (exact) mass is 994 g/mol. The third-order valence-electron chi connectivity index (χ3n) is 11.5. The maximum absolute atomic E-state index is 14.0. The Morgan fingerprint density at radius 3 is 2.00 bits per heavy atom. The van der Waals surface area contributed by atoms with Crippen LogP contribution in [0.5, 0.6) is 0 Å². The van der Waals surface area contributed by atoms with Crippen LogP contribution in [0.3, 0.4) is 0 Å². The zero-order valence-corrected chi connectivity index (χ0v) is 42.2. The van der Waals surface area contributed by atoms with Crippen molar-refractivity contribution in [2.75, 3.05) is 13.6 Å². The Hall–Kier alpha value is -6.88. The van der Waals surface area contributed by atoms with E-state index in [0.29, 0.717) is 11.3 Å². The quantitative estimate of drug-likeness (QED) is 0.0418. The molecular formula is C48H75N13O10. The maximum Gasteiger partial charge on any atom is 0.245 e. The summed E-state index contributed by atoms with van der Waals surface area (Å²) in [4.78, 5) is 130. The van der Waals surface area contributed by atoms with Gasteiger partial charge in [0.1, 0.15) is 30.2 Å². The zero-order chi connectivity index (χ0) is 53.3. The number of nitrogens with zero attached hydrogens (tertiary/aromatic N) is 2. The molecule has 9 amide bonds. The van der Waals surface area contributed by atoms with Crippen LogP contribution in [-0.2, 0) is 56.0 Å². The fourth-order valence-corrected chi connectivity index (χ4v) is 7.73. The first kappa shape index (κ1) is 58.4. The maximum atomic E-state index is 14.0. The molecule has 0 aliphatic carbocycles. The summed E-state index contributed by atoms with van der Waals surface area (Å²) < 4.78 is 0. The number of likely N-dealkylation sites (N-methyl/N-ethyl adjacent to an activating group) is 1. The lowest BCUT2D eigenvalue weighted by Gasteiger charge is -2.30. The average Bonchev–Trinajstić information content (AvgIpc) is 3.95. The minimum absolute atomic E-state index is 0.0000855. The lowest BCUT2D eigenvalue weighted by molar-refractivity contribution is -0.140. The molecule has 8 atom stereocenters. The highest BCUT2D eigenvalue weighted by Gasteiger charge is 2.34. The number of aromatic amines is 2. The van der Waals surface area contributed by atoms with E-state index in [4.69, 9.17) is 17.2 Å². The number of hydrogen-bond donors (Lipinski definition) is 12. The first-order chi connectivity index (χ1) is 33.1. The van der Waals surface area contributed by atoms with Crippen molar-refractivity contribution >= 4 is 64.1 Å². The van der Waals surface area contributed by atoms with Gasteiger partial charge in [-0.15, -0.1) is 0 Å². The normalized spacial score (nSPS) is 15.0. The fourth-order valence-electron chi connectivity index (χ4n) is 7.73. The molecular weight excluding hydrogens is 919 g/mol. The number of fused-ring (bicyclic) bond motifs is 1. The van der Waals surface area contributed by atoms with Crippen molar-refractivity contribution < 1.29 is 48.3 Å². The van der Waals surface area contributed by atoms with E-state index in [2.05, 4.69) is 46.9 Å². The summed E-state index contributed by atoms with van der Waals surface area (Å²) in [6.07, 6.45) is 2.91. The number of aliphatic hydroxyl groups excluding tert-OH is 1. The number of nitrogens with two attached hydrogens (primary N) is 3. The lowest BCUT2D eigenvalue weighted by Crippen LogP contribution is -2.59. The van der Waals surface area contributed by atoms with E-state index in [1.807, 2.05) is 58.9 Å². The fraction of sp³-hybridized carbons (Fsp3) is 0.583. The molecule has 23 nitrogen and oxygen atoms in total. The Kier molecular flexibility index (Phi) is 22.2. The van der Waals surface area contributed by atoms with Crippen molar-refractivity contribution in [3.63, 3.8) is 0 Å². The SMILES string of the molecule is CC(C)C[C@H](NC(=O)[C@H](Cc1cnc[nH]1)NC(=O)CN(C)C(=O)[C@@H](NC(=O)[C@H](C)NC(=O)[C@H](Cc1c[nH]c2ccccc12)NC(=O)[C@@H](N)CCC(N)=O)C(C)C)[C@@H](O)CC(=O)N[C@@H](CC(C)(C)C)C(N)=O. The first-order valence-corrected chi connectivity index (χ1v) is 23.7. The highest BCUT2D eigenvalue weighted by Crippen LogP contribution is 2.22. The van der Waals surface area contributed by atoms with Crippen LogP contribution in [0.1, 0.15) is 98.8 Å². The van der Waals surface area contributed by atoms with Crippen LogP contribution in [0.4, 0.5) is 0 Å². The van der Waals surface area contributed by atoms with Crippen molar-refractivity contribution in [3.05, 3.63) is 54.2 Å². The molecule has 23 heteroatoms. The molecule has 0 fully saturated rings. The number of hydrogen-bond acceptors (Lipinski definition) is 12. The second-order valence-electron chi connectivity index (χ2n) is 20.1. The minimum atomic E-state index is -1.40. The van der Waals surface area contributed by atoms with Gasteiger partial charge in [0.05, 0.1) is 37.5 Å². The number of H-pyrrole nitrogens is 2. The summed E-state index contributed by atoms with van der Waals surface area (Å²) in [5.74, 6) is -6.90. The van der Waals surface area contributed by atoms with Crippen LogP contribution in [-0.4, -0.2) is 140 Å². The van der Waals surface area contributed by atoms with Crippen LogP contribution >= 0.6 is 0 Å². The molecule has 0 aliphatic rings. The number of amides is 9. The number of nitrogens with one attached hydrogen (secondary N) is 8. The molecule has 3 aromatic rings. The summed E-state index contributed by atoms with van der Waals surface area (Å²) in [5, 5.41) is 28.0. The Morgan fingerprint density at radius 1 is 0.775 bits per heavy atom. The van der Waals surface area contributed by atoms with Gasteiger partial charge in [-0.2, -0.15) is 0 Å². The van der Waals surface area contributed by atoms with Gasteiger partial charge < -0.3 is 69.1 Å². The molecule has 0 radical (unpaired) electrons. The number of aliphatic hydroxyl groups is 1. The number of para-hydroxylation sites is 1. The highest BCUT2D eigenvalue weighted by molar-refractivity contribution is 5.96. The summed E-state index contributed by atoms with van der Waals surface area (Å²) >= 11 is 0. The Balaban J connectivity index is 1.71. The van der Waals surface area contributed by atoms with Gasteiger partial charge in [-0.3, -0.25) is 43.2 Å². The third-order valence-corrected chi connectivity index (χ3v) is 11.5. The summed E-state index contributed by atoms with van der Waals surface area (Å²) in [6.45, 7) is 13.6. The molecule has 0 bridgehead atoms. The number of carbonyl (C=O) groups excluding carboxylic acids is 9. The minimum Gasteiger partial charge on any atom is -0.390 e. The predicted molar refractivity (Wildman–Crippen MR) is 264 cm³/mol. The van der Waals surface area contributed by atoms with Gasteiger partial charge in [-0.1, -0.05) is 66.7 Å². The molecule has 1 aromatic carbocycles. The molecule has 0 spiro atoms. The largest absolute Gasteiger partial charge is 0.390 e. The molecule has 0 saturated heterocycles. The Morgan fingerprint density at radius 2 is 1.41 bits per heavy atom. The molecule has 15 N–H and O–H groups in total. The van der Waals surface area contributed by atoms with Gasteiger partial charge in [-0.05, 0) is 55.1 Å². The van der Waals surface area contributed by atoms with Crippen molar-refractivity contribution in [3.8, 4) is 0 Å². The predicted octanol–water partition coefficient (Wildman–Crippen LogP) is -0.969. The van der Waals surface area contributed by atoms with Gasteiger partial charge in [0.15, 0.2) is 0 Å². The van der Waals surface area contributed by atoms with Gasteiger partial charge in [-0.25, -0.2) is 4.98 Å². The van der Waals surface area contributed by atoms with E-state index in [9.17, 15) is 48.3 Å². The van der Waals surface area contributed by atoms with E-state index in [1.165, 1.54) is 26.5 Å². The molecule has 2 heterocycles. The van der Waals surface area contributed by atoms with E-state index in [0.717, 1.165) is 15.8 Å². The first-order valence-electron chi connectivity index (χ1n) is 23.7. The van der Waals surface area contributed by atoms with Gasteiger partial charge in [0.2, 0.25) is 53.2 Å². The van der Waals surface area contributed by atoms with Crippen LogP contribution in [0, 0.1) is 17.3 Å². The number of aromatic nitrogens is 3. The molecule has 392 valence electrons. The van der Waals surface area contributed by atoms with Crippen molar-refractivity contribution in [1.82, 2.24) is 51.8 Å². The van der Waals surface area contributed by atoms with Crippen LogP contribution in [0.2, 0.25) is 0 Å². The molecule has 0 unspecified atom stereocenters. The summed E-state index contributed by atoms with van der Waals surface area (Å²) in [7, 11) is 1.34. The number of primary amides is 2. The molecule has 3 rings (SSSR count). The number of imidazole rings is 1. The van der Waals surface area contributed by atoms with Crippen LogP contribution in [0.25, 0.3) is 10.9 Å². The summed E-state index contributed by atoms with van der Waals surface area (Å²) in [6, 6.07) is -0.650. The molecule has 71 heavy (non-hydrogen) atoms. The molecule has 0 aliphatic heterocycles. The van der Waals surface area contributed by atoms with E-state index in [-0.39, 0.29) is 49.9 Å². The summed E-state index contributed by atoms with van der Waals surface area (Å²) in [5.41, 5.74) is 18.4. The van der Waals surface area contributed by atoms with E-state index >= 15 is 0 Å². The van der Waals surface area contributed by atoms with Crippen molar-refractivity contribution in [2.45, 2.75) is 149 Å². The zero-order valence-electron chi connectivity index (χ0n) is 42.2. The van der Waals surface area contributed by atoms with Gasteiger partial charge in [0, 0.05) is 55.3 Å². The van der Waals surface area contributed by atoms with Crippen molar-refractivity contribution in [2.24, 2.45) is 34.5 Å². The van der Waals surface area contributed by atoms with Crippen LogP contribution in [0.15, 0.2) is 43.0 Å². The second-order valence-corrected chi connectivity index (χ2v) is 20.1. The third kappa shape index (κ3) is 19.4. The van der Waals surface area contributed by atoms with Gasteiger partial charge >= 0.3 is 0 Å². The number of rotatable bonds is 28. The van der Waals surface area contributed by atoms with E-state index in [1.54, 1.807) is 20.0 Å². The Bertz CT molecular complexity index is 2310. The average molecular weight is 994 g/mol. The van der Waals surface area contributed by atoms with E-state index < -0.39 is 120 Å². The van der Waals surface area contributed by atoms with Crippen LogP contribution < -0.4 is 49.1 Å². The Labute approximate surface area is 414 Å². The van der Waals surface area contributed by atoms with Gasteiger partial charge in [0.25, 0.3) is 0 Å². The van der Waals surface area contributed by atoms with Crippen molar-refractivity contribution in [1.29, 1.82) is 0 Å². The standard InChI is InChI=1S/C48H75N13O10/c1-25(2)16-33(37(62)19-39(64)57-36(42(51)66)20-48(6,7)8)58-46(70)35(18-29-22-52-24-54-29)56-40(65)23-61(9)47(71)41(26(3)4)60-43(67)27(5)55-45(69)34(59-44(68)31(49)14-15-38(50)63)17-28-21-53-32-13-11-10-12-30(28)32/h10-13,21-22,24-27,31,33-37,41,53,62H,14-20,23,49H2,1-9H3,(H2,50,63)(H2,51,66)(H,52,54)(H,55,69)(H,56,65)(H,57,64)(H,58,70)(H,59,68)(H,60,67)/t27-,31-,33-,34-,35-,36-,37-,41-/m0/s1. The topological polar surface area (TPSA) is 372 Å². The lowest BCUT2D eigenvalue weighted by atomic mass is 9.87. The number of carbonyl (C=O) groups is 9. The molecule has 0 saturated carbocycles. The highest BCUT2D eigenvalue weighted by atomic mass is 16.3. The number of benzene rings is 1. The second kappa shape index (κ2) is 26.9. The molecule has 2 aromatic heterocycles. The smallest absolute Gasteiger partial charge is 0.245 e.